The van der Waals surface area contributed by atoms with Gasteiger partial charge in [0.25, 0.3) is 0 Å². The SMILES string of the molecule is CC(=O)NC[C@H]1CN(c2ccc(N3CCC(=Cc4nocc4-c4csnc4C)CC3)c(F)c2)C(=O)O1. The number of cyclic esters (lactones) is 1. The largest absolute Gasteiger partial charge is 0.442 e. The van der Waals surface area contributed by atoms with Gasteiger partial charge in [0.15, 0.2) is 0 Å². The topological polar surface area (TPSA) is 101 Å². The number of nitrogens with zero attached hydrogens (tertiary/aromatic N) is 4. The van der Waals surface area contributed by atoms with E-state index in [2.05, 4.69) is 20.9 Å². The summed E-state index contributed by atoms with van der Waals surface area (Å²) >= 11 is 1.40. The second kappa shape index (κ2) is 10.1. The first-order valence-corrected chi connectivity index (χ1v) is 12.5. The van der Waals surface area contributed by atoms with Gasteiger partial charge in [-0.2, -0.15) is 4.37 Å². The number of rotatable bonds is 6. The van der Waals surface area contributed by atoms with Crippen LogP contribution in [-0.4, -0.2) is 53.8 Å². The summed E-state index contributed by atoms with van der Waals surface area (Å²) in [6, 6.07) is 4.79. The van der Waals surface area contributed by atoms with Gasteiger partial charge in [0, 0.05) is 31.0 Å². The Morgan fingerprint density at radius 3 is 2.81 bits per heavy atom. The van der Waals surface area contributed by atoms with Gasteiger partial charge in [0.2, 0.25) is 5.91 Å². The fraction of sp³-hybridized carbons (Fsp3) is 0.360. The molecule has 4 heterocycles. The Balaban J connectivity index is 1.23. The number of piperidine rings is 1. The molecular formula is C25H26FN5O4S. The maximum atomic E-state index is 15.1. The second-order valence-electron chi connectivity index (χ2n) is 8.91. The third-order valence-corrected chi connectivity index (χ3v) is 7.14. The molecule has 188 valence electrons. The Hall–Kier alpha value is -3.73. The lowest BCUT2D eigenvalue weighted by Crippen LogP contribution is -2.33. The van der Waals surface area contributed by atoms with Crippen LogP contribution in [0.2, 0.25) is 0 Å². The lowest BCUT2D eigenvalue weighted by Gasteiger charge is -2.31. The molecule has 0 saturated carbocycles. The van der Waals surface area contributed by atoms with E-state index in [-0.39, 0.29) is 19.0 Å². The molecule has 2 aliphatic rings. The van der Waals surface area contributed by atoms with Crippen LogP contribution in [0.25, 0.3) is 17.2 Å². The van der Waals surface area contributed by atoms with E-state index in [0.29, 0.717) is 24.5 Å². The van der Waals surface area contributed by atoms with Gasteiger partial charge in [0.1, 0.15) is 23.9 Å². The monoisotopic (exact) mass is 511 g/mol. The zero-order valence-electron chi connectivity index (χ0n) is 20.0. The van der Waals surface area contributed by atoms with Crippen molar-refractivity contribution in [1.82, 2.24) is 14.8 Å². The summed E-state index contributed by atoms with van der Waals surface area (Å²) in [6.07, 6.45) is 4.23. The van der Waals surface area contributed by atoms with Gasteiger partial charge in [-0.05, 0) is 55.6 Å². The number of halogens is 1. The molecule has 0 bridgehead atoms. The van der Waals surface area contributed by atoms with Crippen molar-refractivity contribution in [2.45, 2.75) is 32.8 Å². The number of anilines is 2. The van der Waals surface area contributed by atoms with Crippen LogP contribution in [0.4, 0.5) is 20.6 Å². The molecule has 2 aliphatic heterocycles. The number of nitrogens with one attached hydrogen (secondary N) is 1. The molecule has 11 heteroatoms. The summed E-state index contributed by atoms with van der Waals surface area (Å²) in [5.41, 5.74) is 5.84. The fourth-order valence-electron chi connectivity index (χ4n) is 4.49. The molecule has 2 amide bonds. The minimum atomic E-state index is -0.550. The van der Waals surface area contributed by atoms with Crippen LogP contribution in [0.15, 0.2) is 39.9 Å². The van der Waals surface area contributed by atoms with Gasteiger partial charge in [-0.3, -0.25) is 9.69 Å². The molecule has 36 heavy (non-hydrogen) atoms. The van der Waals surface area contributed by atoms with Crippen LogP contribution >= 0.6 is 11.5 Å². The average Bonchev–Trinajstić information content (AvgIpc) is 3.58. The summed E-state index contributed by atoms with van der Waals surface area (Å²) in [5.74, 6) is -0.590. The third kappa shape index (κ3) is 4.97. The zero-order valence-corrected chi connectivity index (χ0v) is 20.8. The van der Waals surface area contributed by atoms with Crippen LogP contribution in [0.3, 0.4) is 0 Å². The Bertz CT molecular complexity index is 1310. The van der Waals surface area contributed by atoms with Crippen LogP contribution in [-0.2, 0) is 9.53 Å². The van der Waals surface area contributed by atoms with Crippen LogP contribution in [0.5, 0.6) is 0 Å². The highest BCUT2D eigenvalue weighted by molar-refractivity contribution is 7.04. The minimum absolute atomic E-state index is 0.198. The second-order valence-corrected chi connectivity index (χ2v) is 9.53. The number of benzene rings is 1. The Morgan fingerprint density at radius 1 is 1.31 bits per heavy atom. The lowest BCUT2D eigenvalue weighted by molar-refractivity contribution is -0.119. The number of aromatic nitrogens is 2. The quantitative estimate of drug-likeness (QED) is 0.524. The highest BCUT2D eigenvalue weighted by atomic mass is 32.1. The molecule has 2 aromatic heterocycles. The van der Waals surface area contributed by atoms with Gasteiger partial charge in [-0.15, -0.1) is 0 Å². The summed E-state index contributed by atoms with van der Waals surface area (Å²) in [4.78, 5) is 26.8. The summed E-state index contributed by atoms with van der Waals surface area (Å²) in [5, 5.41) is 8.79. The first-order chi connectivity index (χ1) is 17.4. The van der Waals surface area contributed by atoms with E-state index in [4.69, 9.17) is 9.26 Å². The van der Waals surface area contributed by atoms with Gasteiger partial charge in [-0.25, -0.2) is 9.18 Å². The highest BCUT2D eigenvalue weighted by Crippen LogP contribution is 2.33. The first kappa shape index (κ1) is 24.0. The van der Waals surface area contributed by atoms with Crippen LogP contribution in [0.1, 0.15) is 31.2 Å². The van der Waals surface area contributed by atoms with Crippen molar-refractivity contribution < 1.29 is 23.2 Å². The van der Waals surface area contributed by atoms with E-state index in [1.807, 2.05) is 17.2 Å². The van der Waals surface area contributed by atoms with Crippen LogP contribution < -0.4 is 15.1 Å². The molecule has 2 saturated heterocycles. The predicted octanol–water partition coefficient (Wildman–Crippen LogP) is 4.39. The van der Waals surface area contributed by atoms with E-state index >= 15 is 4.39 Å². The Kier molecular flexibility index (Phi) is 6.73. The average molecular weight is 512 g/mol. The summed E-state index contributed by atoms with van der Waals surface area (Å²) < 4.78 is 29.9. The van der Waals surface area contributed by atoms with E-state index < -0.39 is 18.0 Å². The molecule has 0 unspecified atom stereocenters. The predicted molar refractivity (Wildman–Crippen MR) is 134 cm³/mol. The molecule has 0 radical (unpaired) electrons. The number of hydrogen-bond donors (Lipinski definition) is 1. The highest BCUT2D eigenvalue weighted by Gasteiger charge is 2.33. The molecule has 1 aromatic carbocycles. The van der Waals surface area contributed by atoms with Gasteiger partial charge >= 0.3 is 6.09 Å². The fourth-order valence-corrected chi connectivity index (χ4v) is 5.20. The number of ether oxygens (including phenoxy) is 1. The van der Waals surface area contributed by atoms with Crippen molar-refractivity contribution in [2.75, 3.05) is 36.0 Å². The summed E-state index contributed by atoms with van der Waals surface area (Å²) in [6.45, 7) is 5.17. The number of amides is 2. The maximum Gasteiger partial charge on any atom is 0.414 e. The van der Waals surface area contributed by atoms with Crippen molar-refractivity contribution in [3.63, 3.8) is 0 Å². The number of carbonyl (C=O) groups excluding carboxylic acids is 2. The molecule has 3 aromatic rings. The molecule has 2 fully saturated rings. The Morgan fingerprint density at radius 2 is 2.11 bits per heavy atom. The number of hydrogen-bond acceptors (Lipinski definition) is 8. The molecule has 5 rings (SSSR count). The first-order valence-electron chi connectivity index (χ1n) is 11.7. The molecule has 9 nitrogen and oxygen atoms in total. The van der Waals surface area contributed by atoms with Crippen molar-refractivity contribution >= 4 is 41.0 Å². The number of aryl methyl sites for hydroxylation is 1. The maximum absolute atomic E-state index is 15.1. The van der Waals surface area contributed by atoms with Gasteiger partial charge < -0.3 is 19.5 Å². The molecule has 0 spiro atoms. The van der Waals surface area contributed by atoms with E-state index in [9.17, 15) is 9.59 Å². The van der Waals surface area contributed by atoms with E-state index in [1.165, 1.54) is 35.0 Å². The molecule has 1 N–H and O–H groups in total. The smallest absolute Gasteiger partial charge is 0.414 e. The van der Waals surface area contributed by atoms with Crippen molar-refractivity contribution in [1.29, 1.82) is 0 Å². The molecule has 0 aliphatic carbocycles. The lowest BCUT2D eigenvalue weighted by atomic mass is 9.99. The zero-order chi connectivity index (χ0) is 25.2. The van der Waals surface area contributed by atoms with Crippen molar-refractivity contribution in [3.05, 3.63) is 52.6 Å². The third-order valence-electron chi connectivity index (χ3n) is 6.42. The minimum Gasteiger partial charge on any atom is -0.442 e. The van der Waals surface area contributed by atoms with Crippen LogP contribution in [0, 0.1) is 12.7 Å². The summed E-state index contributed by atoms with van der Waals surface area (Å²) in [7, 11) is 0. The van der Waals surface area contributed by atoms with Gasteiger partial charge in [-0.1, -0.05) is 10.7 Å². The standard InChI is InChI=1S/C25H26FN5O4S/c1-15-21(14-36-29-15)20-13-34-28-23(20)9-17-5-7-30(8-6-17)24-4-3-18(10-22(24)26)31-12-19(35-25(31)33)11-27-16(2)32/h3-4,9-10,13-14,19H,5-8,11-12H2,1-2H3,(H,27,32)/t19-/m0/s1. The van der Waals surface area contributed by atoms with E-state index in [0.717, 1.165) is 35.4 Å². The van der Waals surface area contributed by atoms with Crippen molar-refractivity contribution in [3.8, 4) is 11.1 Å². The Labute approximate surface area is 211 Å². The van der Waals surface area contributed by atoms with Gasteiger partial charge in [0.05, 0.1) is 35.7 Å². The normalized spacial score (nSPS) is 17.9. The number of carbonyl (C=O) groups is 2. The molecular weight excluding hydrogens is 485 g/mol. The van der Waals surface area contributed by atoms with Crippen molar-refractivity contribution in [2.24, 2.45) is 0 Å². The molecule has 1 atom stereocenters. The van der Waals surface area contributed by atoms with E-state index in [1.54, 1.807) is 18.4 Å².